The smallest absolute Gasteiger partial charge is 0.412 e. The molecular weight excluding hydrogens is 1750 g/mol. The van der Waals surface area contributed by atoms with Gasteiger partial charge in [0.2, 0.25) is 10.0 Å². The van der Waals surface area contributed by atoms with Gasteiger partial charge in [0, 0.05) is 76.0 Å². The molecule has 27 nitrogen and oxygen atoms in total. The zero-order valence-corrected chi connectivity index (χ0v) is 82.7. The van der Waals surface area contributed by atoms with E-state index in [1.807, 2.05) is 323 Å². The van der Waals surface area contributed by atoms with E-state index in [0.29, 0.717) is 53.7 Å². The molecule has 137 heavy (non-hydrogen) atoms. The summed E-state index contributed by atoms with van der Waals surface area (Å²) in [4.78, 5) is 80.3. The lowest BCUT2D eigenvalue weighted by Gasteiger charge is -2.18. The van der Waals surface area contributed by atoms with Crippen LogP contribution < -0.4 is 52.0 Å². The standard InChI is InChI=1S/C26H24N4O2.2C13H19NO2.C12H17NO2.C12H15NO2.C12H13NO2.C11H11NO2.C10H13NO2S/c1-4-30-24-15-21(32-3)13-14-22(24)23(16-27)25(30)18-7-11-20(12-8-18)29-26(31)28-19-9-5-17(2)6-10-19;1-10-5-7-11(8-6-10)14-12(15)16-9-13(2,3)4;1-10-6-5-7-11(8-10)14-12(15)16-9-13(2,3)4;2*1-4-10(3)15-12(14)13-11-7-5-9(2)6-8-11;1-3-4-9-15-12(14)13-11-7-5-10(2)6-8-11;1-3-8-14-11(13)12-10-6-4-9(2)5-7-10;1-8-2-6-10(7-3-8)14(12,13)11-9-4-5-9/h5-15H,4H2,1-3H3,(H2,28,29,31);2*5-8H,9H2,1-4H3,(H,14,15);5-8,10H,4H2,1-3H3,(H,13,14);4-8,10H,1H2,2-3H3,(H,13,14);1,5-8H,4,9H2,2H3,(H,13,14);1,4-7H,8H2,2H3,(H,12,13);2-3,6-7,9,11H,4-5H2,1H3. The fourth-order valence-electron chi connectivity index (χ4n) is 11.2. The predicted molar refractivity (Wildman–Crippen MR) is 550 cm³/mol. The van der Waals surface area contributed by atoms with Gasteiger partial charge in [-0.05, 0) is 239 Å². The summed E-state index contributed by atoms with van der Waals surface area (Å²) in [5, 5.41) is 32.3. The van der Waals surface area contributed by atoms with Crippen LogP contribution in [0.5, 0.6) is 5.75 Å². The first-order valence-electron chi connectivity index (χ1n) is 44.6. The highest BCUT2D eigenvalue weighted by atomic mass is 32.2. The number of hydrogen-bond acceptors (Lipinski definition) is 17. The number of hydrogen-bond donors (Lipinski definition) is 9. The van der Waals surface area contributed by atoms with E-state index in [0.717, 1.165) is 120 Å². The number of methoxy groups -OCH3 is 1. The van der Waals surface area contributed by atoms with Crippen molar-refractivity contribution in [1.29, 1.82) is 5.26 Å². The lowest BCUT2D eigenvalue weighted by Crippen LogP contribution is -2.25. The molecule has 2 atom stereocenters. The summed E-state index contributed by atoms with van der Waals surface area (Å²) in [5.41, 5.74) is 18.2. The Morgan fingerprint density at radius 2 is 0.839 bits per heavy atom. The summed E-state index contributed by atoms with van der Waals surface area (Å²) in [5.74, 6) is 5.35. The monoisotopic (exact) mass is 1880 g/mol. The number of carbonyl (C=O) groups is 7. The van der Waals surface area contributed by atoms with Crippen molar-refractivity contribution in [2.24, 2.45) is 10.8 Å². The molecule has 724 valence electrons. The molecule has 10 aromatic carbocycles. The zero-order valence-electron chi connectivity index (χ0n) is 81.9. The van der Waals surface area contributed by atoms with Gasteiger partial charge in [0.25, 0.3) is 0 Å². The number of rotatable bonds is 23. The van der Waals surface area contributed by atoms with E-state index in [1.54, 1.807) is 44.4 Å². The van der Waals surface area contributed by atoms with Crippen LogP contribution in [0.2, 0.25) is 0 Å². The quantitative estimate of drug-likeness (QED) is 0.0124. The number of nitrogens with one attached hydrogen (secondary N) is 9. The zero-order chi connectivity index (χ0) is 101. The van der Waals surface area contributed by atoms with E-state index in [2.05, 4.69) is 88.0 Å². The number of nitrogens with zero attached hydrogens (tertiary/aromatic N) is 2. The molecule has 1 saturated carbocycles. The van der Waals surface area contributed by atoms with Gasteiger partial charge in [-0.25, -0.2) is 46.7 Å². The van der Waals surface area contributed by atoms with Crippen molar-refractivity contribution in [2.75, 3.05) is 76.1 Å². The second kappa shape index (κ2) is 58.0. The Morgan fingerprint density at radius 3 is 1.20 bits per heavy atom. The average molecular weight is 1880 g/mol. The van der Waals surface area contributed by atoms with Gasteiger partial charge in [-0.2, -0.15) is 5.26 Å². The SMILES string of the molecule is C#CCCOC(=O)Nc1ccc(C)cc1.C#CCOC(=O)Nc1ccc(C)cc1.C=CC(C)OC(=O)Nc1ccc(C)cc1.CCC(C)OC(=O)Nc1ccc(C)cc1.CCn1c(-c2ccc(NC(=O)Nc3ccc(C)cc3)cc2)c(C#N)c2ccc(OC)cc21.Cc1ccc(NC(=O)OCC(C)(C)C)cc1.Cc1ccc(S(=O)(=O)NC2CC2)cc1.Cc1cccc(NC(=O)OCC(C)(C)C)c1. The molecule has 0 radical (unpaired) electrons. The number of amides is 8. The maximum Gasteiger partial charge on any atom is 0.412 e. The molecule has 0 aliphatic heterocycles. The summed E-state index contributed by atoms with van der Waals surface area (Å²) in [7, 11) is -1.63. The van der Waals surface area contributed by atoms with Crippen molar-refractivity contribution < 1.29 is 75.1 Å². The van der Waals surface area contributed by atoms with E-state index in [-0.39, 0.29) is 48.3 Å². The van der Waals surface area contributed by atoms with Crippen LogP contribution in [0.1, 0.15) is 145 Å². The Morgan fingerprint density at radius 1 is 0.467 bits per heavy atom. The number of ether oxygens (including phenoxy) is 7. The number of carbonyl (C=O) groups excluding carboxylic acids is 7. The number of anilines is 8. The van der Waals surface area contributed by atoms with Crippen molar-refractivity contribution in [2.45, 2.75) is 180 Å². The number of terminal acetylenes is 2. The highest BCUT2D eigenvalue weighted by Gasteiger charge is 2.28. The Bertz CT molecular complexity index is 5910. The molecule has 0 bridgehead atoms. The van der Waals surface area contributed by atoms with Crippen LogP contribution in [0, 0.1) is 102 Å². The highest BCUT2D eigenvalue weighted by molar-refractivity contribution is 7.89. The normalized spacial score (nSPS) is 11.2. The summed E-state index contributed by atoms with van der Waals surface area (Å²) >= 11 is 0. The lowest BCUT2D eigenvalue weighted by molar-refractivity contribution is 0.118. The van der Waals surface area contributed by atoms with E-state index in [9.17, 15) is 47.2 Å². The Hall–Kier alpha value is -15.3. The molecule has 1 fully saturated rings. The first-order valence-corrected chi connectivity index (χ1v) is 46.0. The van der Waals surface area contributed by atoms with Crippen LogP contribution in [0.15, 0.2) is 254 Å². The number of aryl methyl sites for hydroxylation is 9. The minimum Gasteiger partial charge on any atom is -0.497 e. The average Bonchev–Trinajstić information content (AvgIpc) is 1.60. The summed E-state index contributed by atoms with van der Waals surface area (Å²) in [6.07, 6.45) is 11.7. The fraction of sp³-hybridized carbons (Fsp3) is 0.303. The second-order valence-electron chi connectivity index (χ2n) is 34.3. The topological polar surface area (TPSA) is 355 Å². The fourth-order valence-corrected chi connectivity index (χ4v) is 12.5. The molecule has 1 aromatic heterocycles. The van der Waals surface area contributed by atoms with Crippen LogP contribution in [-0.2, 0) is 45.0 Å². The van der Waals surface area contributed by atoms with Gasteiger partial charge >= 0.3 is 42.6 Å². The van der Waals surface area contributed by atoms with Crippen LogP contribution in [0.25, 0.3) is 22.2 Å². The second-order valence-corrected chi connectivity index (χ2v) is 36.0. The van der Waals surface area contributed by atoms with E-state index >= 15 is 0 Å². The predicted octanol–water partition coefficient (Wildman–Crippen LogP) is 26.0. The molecule has 11 aromatic rings. The van der Waals surface area contributed by atoms with Gasteiger partial charge in [-0.3, -0.25) is 31.9 Å². The molecule has 0 saturated heterocycles. The Labute approximate surface area is 808 Å². The number of urea groups is 1. The first kappa shape index (κ1) is 112. The van der Waals surface area contributed by atoms with Crippen molar-refractivity contribution in [3.8, 4) is 47.8 Å². The molecular formula is C109H131N11O16S. The van der Waals surface area contributed by atoms with Gasteiger partial charge in [-0.1, -0.05) is 215 Å². The number of benzene rings is 10. The van der Waals surface area contributed by atoms with E-state index < -0.39 is 46.6 Å². The number of sulfonamides is 1. The van der Waals surface area contributed by atoms with Crippen molar-refractivity contribution in [3.05, 3.63) is 299 Å². The van der Waals surface area contributed by atoms with Crippen molar-refractivity contribution in [3.63, 3.8) is 0 Å². The number of fused-ring (bicyclic) bond motifs is 1. The van der Waals surface area contributed by atoms with Gasteiger partial charge in [0.1, 0.15) is 30.6 Å². The molecule has 12 rings (SSSR count). The molecule has 2 unspecified atom stereocenters. The molecule has 1 aliphatic carbocycles. The summed E-state index contributed by atoms with van der Waals surface area (Å²) < 4.78 is 63.2. The van der Waals surface area contributed by atoms with Gasteiger partial charge in [0.15, 0.2) is 6.61 Å². The first-order chi connectivity index (χ1) is 65.0. The van der Waals surface area contributed by atoms with Gasteiger partial charge in [0.05, 0.1) is 42.0 Å². The van der Waals surface area contributed by atoms with Gasteiger partial charge < -0.3 is 48.4 Å². The molecule has 1 heterocycles. The molecule has 28 heteroatoms. The third-order valence-electron chi connectivity index (χ3n) is 19.0. The van der Waals surface area contributed by atoms with Gasteiger partial charge in [-0.15, -0.1) is 18.8 Å². The summed E-state index contributed by atoms with van der Waals surface area (Å²) in [6.45, 7) is 40.9. The minimum atomic E-state index is -3.26. The largest absolute Gasteiger partial charge is 0.497 e. The third-order valence-corrected chi connectivity index (χ3v) is 20.5. The summed E-state index contributed by atoms with van der Waals surface area (Å²) in [6, 6.07) is 75.1. The Balaban J connectivity index is 0.000000283. The van der Waals surface area contributed by atoms with Crippen LogP contribution in [0.3, 0.4) is 0 Å². The van der Waals surface area contributed by atoms with E-state index in [1.165, 1.54) is 0 Å². The molecule has 1 aliphatic rings. The highest BCUT2D eigenvalue weighted by Crippen LogP contribution is 2.36. The Kier molecular flexibility index (Phi) is 47.5. The maximum atomic E-state index is 12.3. The molecule has 8 amide bonds. The van der Waals surface area contributed by atoms with Crippen LogP contribution >= 0.6 is 0 Å². The maximum absolute atomic E-state index is 12.3. The number of nitriles is 1. The third kappa shape index (κ3) is 45.8. The number of aromatic nitrogens is 1. The van der Waals surface area contributed by atoms with Crippen molar-refractivity contribution >= 4 is 109 Å². The van der Waals surface area contributed by atoms with Crippen molar-refractivity contribution in [1.82, 2.24) is 9.29 Å². The molecule has 0 spiro atoms. The minimum absolute atomic E-state index is 0.00931. The van der Waals surface area contributed by atoms with Crippen LogP contribution in [-0.4, -0.2) is 107 Å². The molecule has 9 N–H and O–H groups in total. The lowest BCUT2D eigenvalue weighted by atomic mass is 9.99. The van der Waals surface area contributed by atoms with E-state index in [4.69, 9.17) is 41.3 Å². The van der Waals surface area contributed by atoms with Crippen LogP contribution in [0.4, 0.5) is 79.1 Å².